The molecular formula is C19H20N4O4S. The molecule has 28 heavy (non-hydrogen) atoms. The van der Waals surface area contributed by atoms with Crippen LogP contribution in [-0.2, 0) is 9.84 Å². The lowest BCUT2D eigenvalue weighted by atomic mass is 10.1. The van der Waals surface area contributed by atoms with Crippen LogP contribution < -0.4 is 5.32 Å². The van der Waals surface area contributed by atoms with Crippen molar-refractivity contribution in [1.82, 2.24) is 9.78 Å². The third kappa shape index (κ3) is 3.74. The minimum absolute atomic E-state index is 0.104. The molecule has 0 aliphatic heterocycles. The summed E-state index contributed by atoms with van der Waals surface area (Å²) in [5.74, 6) is 0. The molecule has 2 aromatic carbocycles. The van der Waals surface area contributed by atoms with Gasteiger partial charge in [0.25, 0.3) is 5.69 Å². The van der Waals surface area contributed by atoms with Gasteiger partial charge in [0, 0.05) is 12.3 Å². The third-order valence-electron chi connectivity index (χ3n) is 4.47. The number of hydrogen-bond acceptors (Lipinski definition) is 6. The highest BCUT2D eigenvalue weighted by Crippen LogP contribution is 2.32. The molecule has 0 amide bonds. The Hall–Kier alpha value is -3.20. The molecule has 3 rings (SSSR count). The fraction of sp³-hybridized carbons (Fsp3) is 0.211. The van der Waals surface area contributed by atoms with E-state index in [1.807, 2.05) is 39.0 Å². The summed E-state index contributed by atoms with van der Waals surface area (Å²) in [4.78, 5) is 10.7. The van der Waals surface area contributed by atoms with E-state index in [1.165, 1.54) is 12.1 Å². The Morgan fingerprint density at radius 3 is 2.43 bits per heavy atom. The summed E-state index contributed by atoms with van der Waals surface area (Å²) in [5.41, 5.74) is 4.31. The van der Waals surface area contributed by atoms with Gasteiger partial charge in [-0.05, 0) is 50.1 Å². The normalized spacial score (nSPS) is 11.4. The van der Waals surface area contributed by atoms with Crippen molar-refractivity contribution in [2.75, 3.05) is 11.6 Å². The average Bonchev–Trinajstić information content (AvgIpc) is 2.97. The number of anilines is 2. The van der Waals surface area contributed by atoms with Crippen molar-refractivity contribution in [2.45, 2.75) is 25.7 Å². The van der Waals surface area contributed by atoms with Crippen LogP contribution in [-0.4, -0.2) is 29.4 Å². The molecule has 1 N–H and O–H groups in total. The monoisotopic (exact) mass is 400 g/mol. The maximum Gasteiger partial charge on any atom is 0.293 e. The number of aryl methyl sites for hydroxylation is 2. The lowest BCUT2D eigenvalue weighted by molar-refractivity contribution is -0.384. The van der Waals surface area contributed by atoms with E-state index >= 15 is 0 Å². The molecule has 0 saturated carbocycles. The molecule has 0 saturated heterocycles. The van der Waals surface area contributed by atoms with Gasteiger partial charge in [-0.15, -0.1) is 0 Å². The van der Waals surface area contributed by atoms with Crippen LogP contribution in [0, 0.1) is 30.9 Å². The zero-order valence-corrected chi connectivity index (χ0v) is 16.7. The maximum atomic E-state index is 11.7. The van der Waals surface area contributed by atoms with Crippen LogP contribution in [0.3, 0.4) is 0 Å². The summed E-state index contributed by atoms with van der Waals surface area (Å²) in [6.45, 7) is 5.83. The molecule has 0 fully saturated rings. The second kappa shape index (κ2) is 7.08. The van der Waals surface area contributed by atoms with Crippen LogP contribution in [0.5, 0.6) is 0 Å². The lowest BCUT2D eigenvalue weighted by Crippen LogP contribution is -2.04. The predicted molar refractivity (Wildman–Crippen MR) is 107 cm³/mol. The summed E-state index contributed by atoms with van der Waals surface area (Å²) in [5, 5.41) is 18.8. The number of hydrogen-bond donors (Lipinski definition) is 1. The Morgan fingerprint density at radius 1 is 1.07 bits per heavy atom. The minimum atomic E-state index is -3.55. The lowest BCUT2D eigenvalue weighted by Gasteiger charge is -2.11. The number of benzene rings is 2. The molecule has 8 nitrogen and oxygen atoms in total. The molecule has 0 aliphatic carbocycles. The van der Waals surface area contributed by atoms with Crippen LogP contribution in [0.15, 0.2) is 47.5 Å². The molecule has 1 aromatic heterocycles. The van der Waals surface area contributed by atoms with Gasteiger partial charge in [-0.25, -0.2) is 13.1 Å². The molecule has 0 aliphatic rings. The standard InChI is InChI=1S/C19H20N4O4S/c1-12-5-6-13(2)18(9-12)22-14(3)17(11-20-22)21-16-8-7-15(28(4,26)27)10-19(16)23(24)25/h5-11,21H,1-4H3. The number of aromatic nitrogens is 2. The SMILES string of the molecule is Cc1ccc(C)c(-n2ncc(Nc3ccc(S(C)(=O)=O)cc3[N+](=O)[O-])c2C)c1. The van der Waals surface area contributed by atoms with Crippen molar-refractivity contribution in [2.24, 2.45) is 0 Å². The smallest absolute Gasteiger partial charge is 0.293 e. The zero-order chi connectivity index (χ0) is 20.6. The number of nitrogens with zero attached hydrogens (tertiary/aromatic N) is 3. The van der Waals surface area contributed by atoms with E-state index in [4.69, 9.17) is 0 Å². The quantitative estimate of drug-likeness (QED) is 0.515. The number of nitrogens with one attached hydrogen (secondary N) is 1. The Balaban J connectivity index is 2.03. The van der Waals surface area contributed by atoms with Crippen molar-refractivity contribution in [3.63, 3.8) is 0 Å². The first kappa shape index (κ1) is 19.6. The van der Waals surface area contributed by atoms with Crippen LogP contribution in [0.25, 0.3) is 5.69 Å². The maximum absolute atomic E-state index is 11.7. The molecule has 1 heterocycles. The van der Waals surface area contributed by atoms with Gasteiger partial charge in [-0.3, -0.25) is 10.1 Å². The molecule has 0 bridgehead atoms. The topological polar surface area (TPSA) is 107 Å². The van der Waals surface area contributed by atoms with E-state index in [-0.39, 0.29) is 16.3 Å². The Morgan fingerprint density at radius 2 is 1.79 bits per heavy atom. The van der Waals surface area contributed by atoms with Crippen molar-refractivity contribution in [1.29, 1.82) is 0 Å². The van der Waals surface area contributed by atoms with Crippen LogP contribution in [0.4, 0.5) is 17.1 Å². The predicted octanol–water partition coefficient (Wildman–Crippen LogP) is 3.85. The van der Waals surface area contributed by atoms with Gasteiger partial charge in [-0.2, -0.15) is 5.10 Å². The van der Waals surface area contributed by atoms with Crippen LogP contribution in [0.2, 0.25) is 0 Å². The summed E-state index contributed by atoms with van der Waals surface area (Å²) in [7, 11) is -3.55. The van der Waals surface area contributed by atoms with Crippen LogP contribution >= 0.6 is 0 Å². The molecule has 3 aromatic rings. The van der Waals surface area contributed by atoms with Crippen molar-refractivity contribution < 1.29 is 13.3 Å². The zero-order valence-electron chi connectivity index (χ0n) is 15.9. The number of nitro groups is 1. The highest BCUT2D eigenvalue weighted by atomic mass is 32.2. The van der Waals surface area contributed by atoms with Gasteiger partial charge in [0.15, 0.2) is 9.84 Å². The van der Waals surface area contributed by atoms with E-state index < -0.39 is 14.8 Å². The summed E-state index contributed by atoms with van der Waals surface area (Å²) in [6, 6.07) is 9.83. The van der Waals surface area contributed by atoms with Gasteiger partial charge < -0.3 is 5.32 Å². The second-order valence-corrected chi connectivity index (χ2v) is 8.69. The van der Waals surface area contributed by atoms with E-state index in [1.54, 1.807) is 10.9 Å². The molecule has 0 atom stereocenters. The first-order valence-electron chi connectivity index (χ1n) is 8.45. The molecule has 9 heteroatoms. The molecule has 0 unspecified atom stereocenters. The third-order valence-corrected chi connectivity index (χ3v) is 5.58. The van der Waals surface area contributed by atoms with Gasteiger partial charge >= 0.3 is 0 Å². The summed E-state index contributed by atoms with van der Waals surface area (Å²) < 4.78 is 25.2. The van der Waals surface area contributed by atoms with Crippen molar-refractivity contribution >= 4 is 26.9 Å². The first-order chi connectivity index (χ1) is 13.1. The largest absolute Gasteiger partial charge is 0.347 e. The van der Waals surface area contributed by atoms with E-state index in [2.05, 4.69) is 10.4 Å². The van der Waals surface area contributed by atoms with E-state index in [9.17, 15) is 18.5 Å². The minimum Gasteiger partial charge on any atom is -0.347 e. The van der Waals surface area contributed by atoms with Crippen molar-refractivity contribution in [3.8, 4) is 5.69 Å². The van der Waals surface area contributed by atoms with Crippen LogP contribution in [0.1, 0.15) is 16.8 Å². The second-order valence-electron chi connectivity index (χ2n) is 6.68. The Kier molecular flexibility index (Phi) is 4.95. The Bertz CT molecular complexity index is 1180. The highest BCUT2D eigenvalue weighted by molar-refractivity contribution is 7.90. The fourth-order valence-corrected chi connectivity index (χ4v) is 3.51. The van der Waals surface area contributed by atoms with Gasteiger partial charge in [0.2, 0.25) is 0 Å². The molecule has 146 valence electrons. The van der Waals surface area contributed by atoms with Gasteiger partial charge in [-0.1, -0.05) is 12.1 Å². The molecule has 0 radical (unpaired) electrons. The van der Waals surface area contributed by atoms with E-state index in [0.717, 1.165) is 34.8 Å². The number of sulfone groups is 1. The van der Waals surface area contributed by atoms with Crippen molar-refractivity contribution in [3.05, 3.63) is 69.5 Å². The molecular weight excluding hydrogens is 380 g/mol. The summed E-state index contributed by atoms with van der Waals surface area (Å²) in [6.07, 6.45) is 2.60. The Labute approximate surface area is 162 Å². The number of rotatable bonds is 5. The van der Waals surface area contributed by atoms with Gasteiger partial charge in [0.05, 0.1) is 33.1 Å². The summed E-state index contributed by atoms with van der Waals surface area (Å²) >= 11 is 0. The highest BCUT2D eigenvalue weighted by Gasteiger charge is 2.20. The average molecular weight is 400 g/mol. The van der Waals surface area contributed by atoms with Gasteiger partial charge in [0.1, 0.15) is 5.69 Å². The number of nitro benzene ring substituents is 1. The van der Waals surface area contributed by atoms with E-state index in [0.29, 0.717) is 5.69 Å². The first-order valence-corrected chi connectivity index (χ1v) is 10.3. The molecule has 0 spiro atoms. The fourth-order valence-electron chi connectivity index (χ4n) is 2.87.